The first-order chi connectivity index (χ1) is 3.81. The summed E-state index contributed by atoms with van der Waals surface area (Å²) in [5.41, 5.74) is 1.25. The van der Waals surface area contributed by atoms with Gasteiger partial charge in [0.1, 0.15) is 0 Å². The van der Waals surface area contributed by atoms with Crippen molar-refractivity contribution in [3.8, 4) is 0 Å². The number of allylic oxidation sites excluding steroid dienone is 1. The summed E-state index contributed by atoms with van der Waals surface area (Å²) in [5, 5.41) is 0. The van der Waals surface area contributed by atoms with Crippen LogP contribution >= 0.6 is 11.6 Å². The quantitative estimate of drug-likeness (QED) is 0.538. The van der Waals surface area contributed by atoms with Crippen molar-refractivity contribution in [3.63, 3.8) is 0 Å². The van der Waals surface area contributed by atoms with Crippen molar-refractivity contribution in [2.75, 3.05) is 0 Å². The van der Waals surface area contributed by atoms with Gasteiger partial charge >= 0.3 is 0 Å². The molecule has 0 bridgehead atoms. The van der Waals surface area contributed by atoms with Crippen LogP contribution in [0, 0.1) is 0 Å². The zero-order chi connectivity index (χ0) is 6.41. The molecule has 0 aliphatic carbocycles. The van der Waals surface area contributed by atoms with Gasteiger partial charge in [0.2, 0.25) is 0 Å². The molecule has 1 nitrogen and oxygen atoms in total. The minimum absolute atomic E-state index is 0.0995. The van der Waals surface area contributed by atoms with Crippen LogP contribution in [0.25, 0.3) is 0 Å². The Kier molecular flexibility index (Phi) is 4.67. The lowest BCUT2D eigenvalue weighted by atomic mass is 10.2. The van der Waals surface area contributed by atoms with Crippen LogP contribution in [0.1, 0.15) is 19.8 Å². The van der Waals surface area contributed by atoms with E-state index in [1.807, 2.05) is 6.92 Å². The van der Waals surface area contributed by atoms with Crippen LogP contribution in [0.5, 0.6) is 0 Å². The molecule has 0 N–H and O–H groups in total. The molecule has 0 aromatic rings. The Morgan fingerprint density at radius 3 is 2.75 bits per heavy atom. The van der Waals surface area contributed by atoms with E-state index in [1.54, 1.807) is 0 Å². The number of carbonyl (C=O) groups is 1. The molecule has 0 radical (unpaired) electrons. The van der Waals surface area contributed by atoms with E-state index in [2.05, 4.69) is 0 Å². The average molecular weight is 133 g/mol. The second-order valence-electron chi connectivity index (χ2n) is 1.51. The van der Waals surface area contributed by atoms with E-state index < -0.39 is 0 Å². The van der Waals surface area contributed by atoms with Crippen molar-refractivity contribution < 1.29 is 4.79 Å². The third-order valence-corrected chi connectivity index (χ3v) is 0.871. The van der Waals surface area contributed by atoms with Gasteiger partial charge in [-0.2, -0.15) is 0 Å². The number of halogens is 1. The Balaban J connectivity index is 3.33. The summed E-state index contributed by atoms with van der Waals surface area (Å²) < 4.78 is 0. The Bertz CT molecular complexity index is 96.7. The average Bonchev–Trinajstić information content (AvgIpc) is 1.68. The molecule has 0 rings (SSSR count). The summed E-state index contributed by atoms with van der Waals surface area (Å²) in [6.45, 7) is 1.96. The highest BCUT2D eigenvalue weighted by molar-refractivity contribution is 6.26. The Hall–Kier alpha value is -0.300. The van der Waals surface area contributed by atoms with Gasteiger partial charge in [-0.05, 0) is 12.5 Å². The molecule has 0 saturated heterocycles. The molecule has 0 spiro atoms. The fraction of sp³-hybridized carbons (Fsp3) is 0.500. The molecule has 2 heteroatoms. The molecular formula is C6H9ClO. The number of hydrogen-bond donors (Lipinski definition) is 0. The fourth-order valence-corrected chi connectivity index (χ4v) is 0.541. The van der Waals surface area contributed by atoms with Gasteiger partial charge in [-0.1, -0.05) is 18.5 Å². The molecule has 0 aliphatic rings. The topological polar surface area (TPSA) is 17.1 Å². The van der Waals surface area contributed by atoms with Gasteiger partial charge in [-0.3, -0.25) is 4.79 Å². The molecule has 0 saturated carbocycles. The lowest BCUT2D eigenvalue weighted by Gasteiger charge is -1.84. The van der Waals surface area contributed by atoms with Crippen LogP contribution in [0.15, 0.2) is 11.6 Å². The van der Waals surface area contributed by atoms with Gasteiger partial charge in [-0.25, -0.2) is 0 Å². The maximum atomic E-state index is 10.5. The maximum Gasteiger partial charge on any atom is 0.156 e. The smallest absolute Gasteiger partial charge is 0.156 e. The van der Waals surface area contributed by atoms with Crippen molar-refractivity contribution >= 4 is 17.4 Å². The van der Waals surface area contributed by atoms with Crippen molar-refractivity contribution in [2.45, 2.75) is 19.8 Å². The fourth-order valence-electron chi connectivity index (χ4n) is 0.400. The van der Waals surface area contributed by atoms with Gasteiger partial charge in [-0.15, -0.1) is 0 Å². The zero-order valence-corrected chi connectivity index (χ0v) is 5.61. The lowest BCUT2D eigenvalue weighted by molar-refractivity contribution is -0.114. The molecule has 0 aromatic carbocycles. The van der Waals surface area contributed by atoms with Crippen LogP contribution in [-0.2, 0) is 4.79 Å². The summed E-state index contributed by atoms with van der Waals surface area (Å²) in [6, 6.07) is 0. The second-order valence-corrected chi connectivity index (χ2v) is 1.76. The molecule has 46 valence electrons. The molecule has 8 heavy (non-hydrogen) atoms. The normalized spacial score (nSPS) is 10.2. The van der Waals surface area contributed by atoms with E-state index in [-0.39, 0.29) is 5.78 Å². The monoisotopic (exact) mass is 132 g/mol. The first kappa shape index (κ1) is 7.70. The van der Waals surface area contributed by atoms with E-state index in [0.717, 1.165) is 6.42 Å². The predicted octanol–water partition coefficient (Wildman–Crippen LogP) is 2.11. The molecule has 0 unspecified atom stereocenters. The summed E-state index contributed by atoms with van der Waals surface area (Å²) in [7, 11) is 0. The van der Waals surface area contributed by atoms with Crippen molar-refractivity contribution in [1.82, 2.24) is 0 Å². The highest BCUT2D eigenvalue weighted by Crippen LogP contribution is 1.90. The minimum atomic E-state index is 0.0995. The van der Waals surface area contributed by atoms with Gasteiger partial charge in [0.05, 0.1) is 0 Å². The summed E-state index contributed by atoms with van der Waals surface area (Å²) >= 11 is 5.13. The molecule has 0 atom stereocenters. The lowest BCUT2D eigenvalue weighted by Crippen LogP contribution is -1.88. The minimum Gasteiger partial charge on any atom is -0.295 e. The van der Waals surface area contributed by atoms with Crippen LogP contribution in [-0.4, -0.2) is 5.78 Å². The van der Waals surface area contributed by atoms with E-state index >= 15 is 0 Å². The molecular weight excluding hydrogens is 124 g/mol. The second kappa shape index (κ2) is 4.85. The standard InChI is InChI=1S/C6H9ClO/c1-2-3-6(8)4-5-7/h4-5H,2-3H2,1H3/b5-4+. The summed E-state index contributed by atoms with van der Waals surface area (Å²) in [6.07, 6.45) is 2.87. The first-order valence-electron chi connectivity index (χ1n) is 2.61. The van der Waals surface area contributed by atoms with Crippen LogP contribution < -0.4 is 0 Å². The first-order valence-corrected chi connectivity index (χ1v) is 3.04. The van der Waals surface area contributed by atoms with Crippen LogP contribution in [0.2, 0.25) is 0 Å². The van der Waals surface area contributed by atoms with Crippen LogP contribution in [0.3, 0.4) is 0 Å². The van der Waals surface area contributed by atoms with E-state index in [4.69, 9.17) is 11.6 Å². The summed E-state index contributed by atoms with van der Waals surface area (Å²) in [5.74, 6) is 0.0995. The Morgan fingerprint density at radius 1 is 1.75 bits per heavy atom. The largest absolute Gasteiger partial charge is 0.295 e. The Labute approximate surface area is 54.3 Å². The highest BCUT2D eigenvalue weighted by atomic mass is 35.5. The molecule has 0 amide bonds. The number of hydrogen-bond acceptors (Lipinski definition) is 1. The van der Waals surface area contributed by atoms with Gasteiger partial charge in [0.25, 0.3) is 0 Å². The number of carbonyl (C=O) groups excluding carboxylic acids is 1. The van der Waals surface area contributed by atoms with E-state index in [1.165, 1.54) is 11.6 Å². The van der Waals surface area contributed by atoms with Gasteiger partial charge < -0.3 is 0 Å². The summed E-state index contributed by atoms with van der Waals surface area (Å²) in [4.78, 5) is 10.5. The zero-order valence-electron chi connectivity index (χ0n) is 4.86. The SMILES string of the molecule is CCCC(=O)/C=C/Cl. The highest BCUT2D eigenvalue weighted by Gasteiger charge is 1.89. The molecule has 0 fully saturated rings. The van der Waals surface area contributed by atoms with Crippen molar-refractivity contribution in [1.29, 1.82) is 0 Å². The third-order valence-electron chi connectivity index (χ3n) is 0.745. The van der Waals surface area contributed by atoms with Gasteiger partial charge in [0.15, 0.2) is 5.78 Å². The number of ketones is 1. The van der Waals surface area contributed by atoms with Crippen molar-refractivity contribution in [3.05, 3.63) is 11.6 Å². The number of rotatable bonds is 3. The van der Waals surface area contributed by atoms with E-state index in [9.17, 15) is 4.79 Å². The van der Waals surface area contributed by atoms with Crippen LogP contribution in [0.4, 0.5) is 0 Å². The van der Waals surface area contributed by atoms with E-state index in [0.29, 0.717) is 6.42 Å². The van der Waals surface area contributed by atoms with Crippen molar-refractivity contribution in [2.24, 2.45) is 0 Å². The molecule has 0 heterocycles. The predicted molar refractivity (Wildman–Crippen MR) is 34.9 cm³/mol. The Morgan fingerprint density at radius 2 is 2.38 bits per heavy atom. The molecule has 0 aromatic heterocycles. The molecule has 0 aliphatic heterocycles. The van der Waals surface area contributed by atoms with Gasteiger partial charge in [0, 0.05) is 12.0 Å². The third kappa shape index (κ3) is 3.88. The maximum absolute atomic E-state index is 10.5.